The molecule has 0 aliphatic rings. The van der Waals surface area contributed by atoms with Crippen molar-refractivity contribution >= 4 is 5.97 Å². The number of aliphatic carboxylic acids is 1. The minimum atomic E-state index is -1.13. The Labute approximate surface area is 87.6 Å². The highest BCUT2D eigenvalue weighted by molar-refractivity contribution is 5.73. The van der Waals surface area contributed by atoms with Crippen molar-refractivity contribution in [3.05, 3.63) is 30.1 Å². The summed E-state index contributed by atoms with van der Waals surface area (Å²) in [6.45, 7) is 1.58. The third kappa shape index (κ3) is 2.74. The van der Waals surface area contributed by atoms with Crippen LogP contribution >= 0.6 is 0 Å². The highest BCUT2D eigenvalue weighted by Crippen LogP contribution is 2.21. The van der Waals surface area contributed by atoms with Crippen LogP contribution in [0.2, 0.25) is 0 Å². The number of aliphatic hydroxyl groups is 1. The first-order valence-electron chi connectivity index (χ1n) is 4.61. The van der Waals surface area contributed by atoms with Crippen LogP contribution in [-0.2, 0) is 4.79 Å². The number of carboxylic acid groups (broad SMARTS) is 1. The average molecular weight is 210 g/mol. The molecule has 5 heteroatoms. The fourth-order valence-electron chi connectivity index (χ4n) is 1.24. The first-order valence-corrected chi connectivity index (χ1v) is 4.61. The lowest BCUT2D eigenvalue weighted by Crippen LogP contribution is -2.39. The highest BCUT2D eigenvalue weighted by atomic mass is 16.4. The molecule has 0 spiro atoms. The van der Waals surface area contributed by atoms with Gasteiger partial charge in [-0.2, -0.15) is 0 Å². The van der Waals surface area contributed by atoms with Crippen LogP contribution in [0.5, 0.6) is 0 Å². The summed E-state index contributed by atoms with van der Waals surface area (Å²) < 4.78 is 0. The molecule has 0 aliphatic carbocycles. The summed E-state index contributed by atoms with van der Waals surface area (Å²) in [5.74, 6) is -1.71. The number of rotatable bonds is 4. The number of hydrogen-bond acceptors (Lipinski definition) is 4. The molecule has 82 valence electrons. The summed E-state index contributed by atoms with van der Waals surface area (Å²) in [6.07, 6.45) is 0.578. The summed E-state index contributed by atoms with van der Waals surface area (Å²) in [5, 5.41) is 18.5. The molecule has 3 atom stereocenters. The van der Waals surface area contributed by atoms with Crippen molar-refractivity contribution in [1.29, 1.82) is 0 Å². The molecule has 0 saturated carbocycles. The predicted molar refractivity (Wildman–Crippen MR) is 54.0 cm³/mol. The maximum absolute atomic E-state index is 10.6. The Balaban J connectivity index is 2.77. The first-order chi connectivity index (χ1) is 7.04. The second-order valence-electron chi connectivity index (χ2n) is 3.42. The summed E-state index contributed by atoms with van der Waals surface area (Å²) in [6, 6.07) is 3.99. The molecular weight excluding hydrogens is 196 g/mol. The lowest BCUT2D eigenvalue weighted by molar-refractivity contribution is -0.141. The molecule has 0 amide bonds. The molecule has 0 fully saturated rings. The smallest absolute Gasteiger partial charge is 0.320 e. The van der Waals surface area contributed by atoms with Crippen molar-refractivity contribution in [3.8, 4) is 0 Å². The highest BCUT2D eigenvalue weighted by Gasteiger charge is 2.28. The number of hydrogen-bond donors (Lipinski definition) is 3. The van der Waals surface area contributed by atoms with Gasteiger partial charge in [-0.15, -0.1) is 0 Å². The van der Waals surface area contributed by atoms with Crippen LogP contribution in [0, 0.1) is 5.92 Å². The van der Waals surface area contributed by atoms with Crippen molar-refractivity contribution in [2.75, 3.05) is 0 Å². The minimum Gasteiger partial charge on any atom is -0.480 e. The molecule has 1 unspecified atom stereocenters. The van der Waals surface area contributed by atoms with Crippen molar-refractivity contribution in [2.24, 2.45) is 11.7 Å². The number of nitrogens with zero attached hydrogens (tertiary/aromatic N) is 1. The minimum absolute atomic E-state index is 0.432. The van der Waals surface area contributed by atoms with E-state index in [0.717, 1.165) is 0 Å². The Kier molecular flexibility index (Phi) is 3.76. The van der Waals surface area contributed by atoms with E-state index in [1.54, 1.807) is 25.1 Å². The molecule has 0 radical (unpaired) electrons. The van der Waals surface area contributed by atoms with Crippen LogP contribution in [0.25, 0.3) is 0 Å². The van der Waals surface area contributed by atoms with Gasteiger partial charge < -0.3 is 15.9 Å². The van der Waals surface area contributed by atoms with Gasteiger partial charge in [-0.3, -0.25) is 9.78 Å². The van der Waals surface area contributed by atoms with E-state index in [2.05, 4.69) is 4.98 Å². The molecule has 15 heavy (non-hydrogen) atoms. The van der Waals surface area contributed by atoms with E-state index in [9.17, 15) is 9.90 Å². The maximum atomic E-state index is 10.6. The van der Waals surface area contributed by atoms with E-state index in [1.165, 1.54) is 6.20 Å². The van der Waals surface area contributed by atoms with Gasteiger partial charge in [0.05, 0.1) is 5.69 Å². The second kappa shape index (κ2) is 4.86. The van der Waals surface area contributed by atoms with Crippen LogP contribution in [0.1, 0.15) is 18.7 Å². The lowest BCUT2D eigenvalue weighted by atomic mass is 9.94. The Bertz CT molecular complexity index is 329. The van der Waals surface area contributed by atoms with Gasteiger partial charge in [0.15, 0.2) is 0 Å². The Morgan fingerprint density at radius 1 is 1.53 bits per heavy atom. The fraction of sp³-hybridized carbons (Fsp3) is 0.400. The van der Waals surface area contributed by atoms with Crippen LogP contribution in [0.4, 0.5) is 0 Å². The normalized spacial score (nSPS) is 16.7. The van der Waals surface area contributed by atoms with Gasteiger partial charge in [0.2, 0.25) is 0 Å². The van der Waals surface area contributed by atoms with E-state index in [-0.39, 0.29) is 0 Å². The number of nitrogens with two attached hydrogens (primary N) is 1. The average Bonchev–Trinajstić information content (AvgIpc) is 2.27. The third-order valence-electron chi connectivity index (χ3n) is 2.34. The molecule has 0 aromatic carbocycles. The topological polar surface area (TPSA) is 96.4 Å². The van der Waals surface area contributed by atoms with Crippen LogP contribution in [-0.4, -0.2) is 27.2 Å². The first kappa shape index (κ1) is 11.6. The SMILES string of the molecule is CC([C@H](N)C(=O)O)[C@H](O)c1ccccn1. The van der Waals surface area contributed by atoms with Crippen molar-refractivity contribution in [3.63, 3.8) is 0 Å². The molecule has 0 bridgehead atoms. The fourth-order valence-corrected chi connectivity index (χ4v) is 1.24. The zero-order valence-electron chi connectivity index (χ0n) is 8.37. The molecule has 0 saturated heterocycles. The van der Waals surface area contributed by atoms with Gasteiger partial charge in [0.25, 0.3) is 0 Å². The number of pyridine rings is 1. The monoisotopic (exact) mass is 210 g/mol. The summed E-state index contributed by atoms with van der Waals surface area (Å²) >= 11 is 0. The van der Waals surface area contributed by atoms with Crippen LogP contribution in [0.3, 0.4) is 0 Å². The van der Waals surface area contributed by atoms with Gasteiger partial charge in [-0.25, -0.2) is 0 Å². The van der Waals surface area contributed by atoms with E-state index in [0.29, 0.717) is 5.69 Å². The second-order valence-corrected chi connectivity index (χ2v) is 3.42. The predicted octanol–water partition coefficient (Wildman–Crippen LogP) is 0.163. The van der Waals surface area contributed by atoms with Gasteiger partial charge in [-0.05, 0) is 12.1 Å². The summed E-state index contributed by atoms with van der Waals surface area (Å²) in [7, 11) is 0. The van der Waals surface area contributed by atoms with E-state index >= 15 is 0 Å². The molecular formula is C10H14N2O3. The van der Waals surface area contributed by atoms with E-state index < -0.39 is 24.0 Å². The zero-order chi connectivity index (χ0) is 11.4. The standard InChI is InChI=1S/C10H14N2O3/c1-6(8(11)10(14)15)9(13)7-4-2-3-5-12-7/h2-6,8-9,13H,11H2,1H3,(H,14,15)/t6?,8-,9-/m0/s1. The van der Waals surface area contributed by atoms with Crippen LogP contribution < -0.4 is 5.73 Å². The molecule has 4 N–H and O–H groups in total. The summed E-state index contributed by atoms with van der Waals surface area (Å²) in [5.41, 5.74) is 5.84. The Morgan fingerprint density at radius 3 is 2.67 bits per heavy atom. The molecule has 1 aromatic heterocycles. The number of aliphatic hydroxyl groups excluding tert-OH is 1. The van der Waals surface area contributed by atoms with E-state index in [1.807, 2.05) is 0 Å². The van der Waals surface area contributed by atoms with Crippen LogP contribution in [0.15, 0.2) is 24.4 Å². The quantitative estimate of drug-likeness (QED) is 0.658. The molecule has 0 aliphatic heterocycles. The van der Waals surface area contributed by atoms with E-state index in [4.69, 9.17) is 10.8 Å². The molecule has 1 heterocycles. The Hall–Kier alpha value is -1.46. The van der Waals surface area contributed by atoms with Crippen molar-refractivity contribution in [2.45, 2.75) is 19.1 Å². The molecule has 5 nitrogen and oxygen atoms in total. The van der Waals surface area contributed by atoms with Gasteiger partial charge in [-0.1, -0.05) is 13.0 Å². The number of aromatic nitrogens is 1. The third-order valence-corrected chi connectivity index (χ3v) is 2.34. The lowest BCUT2D eigenvalue weighted by Gasteiger charge is -2.21. The largest absolute Gasteiger partial charge is 0.480 e. The number of carboxylic acids is 1. The van der Waals surface area contributed by atoms with Crippen molar-refractivity contribution < 1.29 is 15.0 Å². The summed E-state index contributed by atoms with van der Waals surface area (Å²) in [4.78, 5) is 14.6. The molecule has 1 rings (SSSR count). The van der Waals surface area contributed by atoms with Gasteiger partial charge >= 0.3 is 5.97 Å². The molecule has 1 aromatic rings. The number of carbonyl (C=O) groups is 1. The Morgan fingerprint density at radius 2 is 2.20 bits per heavy atom. The zero-order valence-corrected chi connectivity index (χ0v) is 8.37. The van der Waals surface area contributed by atoms with Gasteiger partial charge in [0.1, 0.15) is 12.1 Å². The van der Waals surface area contributed by atoms with Gasteiger partial charge in [0, 0.05) is 12.1 Å². The van der Waals surface area contributed by atoms with Crippen molar-refractivity contribution in [1.82, 2.24) is 4.98 Å². The maximum Gasteiger partial charge on any atom is 0.320 e.